The van der Waals surface area contributed by atoms with Crippen LogP contribution in [0.4, 0.5) is 0 Å². The van der Waals surface area contributed by atoms with E-state index in [0.717, 1.165) is 70.6 Å². The second-order valence-electron chi connectivity index (χ2n) is 12.3. The summed E-state index contributed by atoms with van der Waals surface area (Å²) >= 11 is 0. The van der Waals surface area contributed by atoms with Crippen molar-refractivity contribution in [1.82, 2.24) is 0 Å². The lowest BCUT2D eigenvalue weighted by atomic mass is 9.99. The molecule has 1 saturated heterocycles. The molecule has 6 atom stereocenters. The van der Waals surface area contributed by atoms with Gasteiger partial charge in [0.1, 0.15) is 31.0 Å². The van der Waals surface area contributed by atoms with Crippen LogP contribution in [0.1, 0.15) is 136 Å². The van der Waals surface area contributed by atoms with Crippen molar-refractivity contribution in [3.05, 3.63) is 24.3 Å². The Hall–Kier alpha value is -1.82. The molecule has 0 radical (unpaired) electrons. The SMILES string of the molecule is CCCC/C=C/C/C=C/CCCCCCCC(=O)O[C@H](COC(=O)CCCCCCCCC)CO[C@H]1O[C@@H](CO)[C@@H](O)C(O)C1O. The van der Waals surface area contributed by atoms with E-state index in [0.29, 0.717) is 6.42 Å². The van der Waals surface area contributed by atoms with Gasteiger partial charge in [0.25, 0.3) is 0 Å². The lowest BCUT2D eigenvalue weighted by Gasteiger charge is -2.39. The molecule has 0 spiro atoms. The largest absolute Gasteiger partial charge is 0.462 e. The van der Waals surface area contributed by atoms with Crippen LogP contribution in [0.25, 0.3) is 0 Å². The van der Waals surface area contributed by atoms with E-state index in [-0.39, 0.29) is 32.0 Å². The molecule has 268 valence electrons. The molecule has 1 aliphatic heterocycles. The van der Waals surface area contributed by atoms with Gasteiger partial charge in [-0.2, -0.15) is 0 Å². The maximum absolute atomic E-state index is 12.6. The predicted molar refractivity (Wildman–Crippen MR) is 178 cm³/mol. The van der Waals surface area contributed by atoms with Crippen molar-refractivity contribution in [2.75, 3.05) is 19.8 Å². The number of unbranched alkanes of at least 4 members (excludes halogenated alkanes) is 13. The normalized spacial score (nSPS) is 22.4. The summed E-state index contributed by atoms with van der Waals surface area (Å²) in [6.45, 7) is 3.28. The molecule has 0 aromatic rings. The molecule has 0 aromatic heterocycles. The number of ether oxygens (including phenoxy) is 4. The zero-order valence-corrected chi connectivity index (χ0v) is 28.6. The number of allylic oxidation sites excluding steroid dienone is 4. The third kappa shape index (κ3) is 20.4. The molecule has 10 heteroatoms. The van der Waals surface area contributed by atoms with Gasteiger partial charge in [0.15, 0.2) is 12.4 Å². The van der Waals surface area contributed by atoms with E-state index in [2.05, 4.69) is 38.2 Å². The monoisotopic (exact) mass is 656 g/mol. The van der Waals surface area contributed by atoms with E-state index >= 15 is 0 Å². The van der Waals surface area contributed by atoms with Gasteiger partial charge in [-0.1, -0.05) is 109 Å². The van der Waals surface area contributed by atoms with Crippen LogP contribution in [0.3, 0.4) is 0 Å². The highest BCUT2D eigenvalue weighted by atomic mass is 16.7. The number of aliphatic hydroxyl groups is 4. The van der Waals surface area contributed by atoms with Crippen molar-refractivity contribution >= 4 is 11.9 Å². The molecule has 0 aromatic carbocycles. The van der Waals surface area contributed by atoms with Crippen molar-refractivity contribution < 1.29 is 49.0 Å². The molecule has 0 saturated carbocycles. The molecular formula is C36H64O10. The molecular weight excluding hydrogens is 592 g/mol. The number of hydrogen-bond donors (Lipinski definition) is 4. The smallest absolute Gasteiger partial charge is 0.306 e. The van der Waals surface area contributed by atoms with Gasteiger partial charge in [0.2, 0.25) is 0 Å². The lowest BCUT2D eigenvalue weighted by Crippen LogP contribution is -2.59. The van der Waals surface area contributed by atoms with Crippen LogP contribution in [-0.4, -0.2) is 89.0 Å². The fourth-order valence-electron chi connectivity index (χ4n) is 5.14. The van der Waals surface area contributed by atoms with Gasteiger partial charge in [0.05, 0.1) is 13.2 Å². The molecule has 1 rings (SSSR count). The van der Waals surface area contributed by atoms with Gasteiger partial charge in [0, 0.05) is 12.8 Å². The predicted octanol–water partition coefficient (Wildman–Crippen LogP) is 5.82. The summed E-state index contributed by atoms with van der Waals surface area (Å²) in [4.78, 5) is 25.0. The fraction of sp³-hybridized carbons (Fsp3) is 0.833. The summed E-state index contributed by atoms with van der Waals surface area (Å²) in [6.07, 6.45) is 19.2. The highest BCUT2D eigenvalue weighted by Crippen LogP contribution is 2.22. The standard InChI is InChI=1S/C36H64O10/c1-3-5-7-9-11-12-13-14-15-16-17-19-21-23-25-32(39)45-29(27-43-31(38)24-22-20-18-10-8-6-4-2)28-44-36-35(42)34(41)33(40)30(26-37)46-36/h9,11,13-14,29-30,33-37,40-42H,3-8,10,12,15-28H2,1-2H3/b11-9+,14-13+/t29-,30+,33-,34?,35?,36+/m1/s1. The number of esters is 2. The zero-order valence-electron chi connectivity index (χ0n) is 28.6. The van der Waals surface area contributed by atoms with Gasteiger partial charge in [-0.3, -0.25) is 9.59 Å². The van der Waals surface area contributed by atoms with Crippen LogP contribution in [0, 0.1) is 0 Å². The Morgan fingerprint density at radius 3 is 1.87 bits per heavy atom. The molecule has 46 heavy (non-hydrogen) atoms. The number of hydrogen-bond acceptors (Lipinski definition) is 10. The minimum Gasteiger partial charge on any atom is -0.462 e. The van der Waals surface area contributed by atoms with Crippen LogP contribution < -0.4 is 0 Å². The van der Waals surface area contributed by atoms with Crippen LogP contribution in [0.5, 0.6) is 0 Å². The molecule has 1 aliphatic rings. The van der Waals surface area contributed by atoms with Gasteiger partial charge in [-0.25, -0.2) is 0 Å². The van der Waals surface area contributed by atoms with Gasteiger partial charge in [-0.15, -0.1) is 0 Å². The van der Waals surface area contributed by atoms with Crippen LogP contribution in [0.2, 0.25) is 0 Å². The minimum absolute atomic E-state index is 0.215. The Kier molecular flexibility index (Phi) is 25.9. The van der Waals surface area contributed by atoms with Gasteiger partial charge in [-0.05, 0) is 38.5 Å². The van der Waals surface area contributed by atoms with Gasteiger partial charge < -0.3 is 39.4 Å². The quantitative estimate of drug-likeness (QED) is 0.0460. The molecule has 0 bridgehead atoms. The van der Waals surface area contributed by atoms with E-state index < -0.39 is 49.4 Å². The van der Waals surface area contributed by atoms with E-state index in [1.54, 1.807) is 0 Å². The Labute approximate surface area is 277 Å². The molecule has 1 heterocycles. The second-order valence-corrected chi connectivity index (χ2v) is 12.3. The average Bonchev–Trinajstić information content (AvgIpc) is 3.05. The van der Waals surface area contributed by atoms with Gasteiger partial charge >= 0.3 is 11.9 Å². The molecule has 0 amide bonds. The van der Waals surface area contributed by atoms with E-state index in [1.165, 1.54) is 32.1 Å². The van der Waals surface area contributed by atoms with Crippen molar-refractivity contribution in [2.24, 2.45) is 0 Å². The molecule has 2 unspecified atom stereocenters. The van der Waals surface area contributed by atoms with Crippen LogP contribution in [-0.2, 0) is 28.5 Å². The first kappa shape index (κ1) is 42.2. The number of aliphatic hydroxyl groups excluding tert-OH is 4. The van der Waals surface area contributed by atoms with Crippen LogP contribution in [0.15, 0.2) is 24.3 Å². The van der Waals surface area contributed by atoms with E-state index in [1.807, 2.05) is 0 Å². The number of carbonyl (C=O) groups is 2. The molecule has 10 nitrogen and oxygen atoms in total. The van der Waals surface area contributed by atoms with Crippen molar-refractivity contribution in [2.45, 2.75) is 173 Å². The Bertz CT molecular complexity index is 815. The summed E-state index contributed by atoms with van der Waals surface area (Å²) in [5.74, 6) is -0.832. The minimum atomic E-state index is -1.59. The zero-order chi connectivity index (χ0) is 33.8. The summed E-state index contributed by atoms with van der Waals surface area (Å²) < 4.78 is 21.9. The maximum atomic E-state index is 12.6. The number of rotatable bonds is 28. The first-order valence-corrected chi connectivity index (χ1v) is 17.9. The first-order valence-electron chi connectivity index (χ1n) is 17.9. The first-order chi connectivity index (χ1) is 22.3. The molecule has 1 fully saturated rings. The topological polar surface area (TPSA) is 152 Å². The average molecular weight is 657 g/mol. The summed E-state index contributed by atoms with van der Waals surface area (Å²) in [7, 11) is 0. The van der Waals surface area contributed by atoms with Crippen molar-refractivity contribution in [1.29, 1.82) is 0 Å². The third-order valence-corrected chi connectivity index (χ3v) is 8.09. The number of carbonyl (C=O) groups excluding carboxylic acids is 2. The van der Waals surface area contributed by atoms with E-state index in [4.69, 9.17) is 18.9 Å². The summed E-state index contributed by atoms with van der Waals surface area (Å²) in [5.41, 5.74) is 0. The third-order valence-electron chi connectivity index (χ3n) is 8.09. The summed E-state index contributed by atoms with van der Waals surface area (Å²) in [5, 5.41) is 39.7. The van der Waals surface area contributed by atoms with Crippen LogP contribution >= 0.6 is 0 Å². The fourth-order valence-corrected chi connectivity index (χ4v) is 5.14. The van der Waals surface area contributed by atoms with E-state index in [9.17, 15) is 30.0 Å². The highest BCUT2D eigenvalue weighted by Gasteiger charge is 2.44. The highest BCUT2D eigenvalue weighted by molar-refractivity contribution is 5.70. The molecule has 4 N–H and O–H groups in total. The maximum Gasteiger partial charge on any atom is 0.306 e. The lowest BCUT2D eigenvalue weighted by molar-refractivity contribution is -0.305. The van der Waals surface area contributed by atoms with Crippen molar-refractivity contribution in [3.63, 3.8) is 0 Å². The summed E-state index contributed by atoms with van der Waals surface area (Å²) in [6, 6.07) is 0. The second kappa shape index (κ2) is 28.2. The Morgan fingerprint density at radius 1 is 0.674 bits per heavy atom. The Morgan fingerprint density at radius 2 is 1.24 bits per heavy atom. The van der Waals surface area contributed by atoms with Crippen molar-refractivity contribution in [3.8, 4) is 0 Å². The Balaban J connectivity index is 2.43. The molecule has 0 aliphatic carbocycles.